The van der Waals surface area contributed by atoms with Gasteiger partial charge in [-0.3, -0.25) is 0 Å². The molecule has 2 atom stereocenters. The third-order valence-corrected chi connectivity index (χ3v) is 4.34. The van der Waals surface area contributed by atoms with Crippen molar-refractivity contribution in [3.63, 3.8) is 0 Å². The molecule has 0 radical (unpaired) electrons. The van der Waals surface area contributed by atoms with Crippen LogP contribution in [0.4, 0.5) is 4.79 Å². The van der Waals surface area contributed by atoms with Gasteiger partial charge < -0.3 is 9.47 Å². The number of carbonyl (C=O) groups is 1. The minimum Gasteiger partial charge on any atom is -0.427 e. The molecule has 0 N–H and O–H groups in total. The number of ether oxygens (including phenoxy) is 2. The molecule has 1 aliphatic heterocycles. The van der Waals surface area contributed by atoms with Crippen LogP contribution in [0.1, 0.15) is 71.6 Å². The summed E-state index contributed by atoms with van der Waals surface area (Å²) in [6.45, 7) is 4.71. The van der Waals surface area contributed by atoms with E-state index in [2.05, 4.69) is 13.8 Å². The standard InChI is InChI=1S/C15H26O3/c1-15(2)10-6-4-3-5-8-12-13(9-7-11-15)18-14(16)17-12/h12-13H,3-11H2,1-2H3/t12-,13+/m0/s1. The van der Waals surface area contributed by atoms with Crippen LogP contribution in [0.2, 0.25) is 0 Å². The fourth-order valence-corrected chi connectivity index (χ4v) is 3.13. The number of hydrogen-bond donors (Lipinski definition) is 0. The van der Waals surface area contributed by atoms with Crippen LogP contribution in [0.3, 0.4) is 0 Å². The Balaban J connectivity index is 1.91. The lowest BCUT2D eigenvalue weighted by Gasteiger charge is -2.26. The van der Waals surface area contributed by atoms with Crippen molar-refractivity contribution >= 4 is 6.16 Å². The molecule has 2 fully saturated rings. The first kappa shape index (κ1) is 13.7. The van der Waals surface area contributed by atoms with Crippen LogP contribution in [0, 0.1) is 5.41 Å². The van der Waals surface area contributed by atoms with E-state index >= 15 is 0 Å². The van der Waals surface area contributed by atoms with Crippen LogP contribution < -0.4 is 0 Å². The van der Waals surface area contributed by atoms with Gasteiger partial charge in [0, 0.05) is 0 Å². The lowest BCUT2D eigenvalue weighted by molar-refractivity contribution is 0.113. The predicted octanol–water partition coefficient (Wildman–Crippen LogP) is 4.44. The van der Waals surface area contributed by atoms with Gasteiger partial charge in [-0.25, -0.2) is 4.79 Å². The molecule has 1 aliphatic carbocycles. The molecule has 0 amide bonds. The Hall–Kier alpha value is -0.730. The van der Waals surface area contributed by atoms with Crippen LogP contribution in [0.15, 0.2) is 0 Å². The first-order valence-electron chi connectivity index (χ1n) is 7.44. The van der Waals surface area contributed by atoms with Crippen LogP contribution >= 0.6 is 0 Å². The van der Waals surface area contributed by atoms with Gasteiger partial charge in [0.1, 0.15) is 12.2 Å². The summed E-state index contributed by atoms with van der Waals surface area (Å²) in [7, 11) is 0. The lowest BCUT2D eigenvalue weighted by atomic mass is 9.81. The third kappa shape index (κ3) is 3.89. The van der Waals surface area contributed by atoms with Crippen molar-refractivity contribution in [2.24, 2.45) is 5.41 Å². The van der Waals surface area contributed by atoms with Crippen molar-refractivity contribution in [1.82, 2.24) is 0 Å². The normalized spacial score (nSPS) is 33.6. The molecule has 104 valence electrons. The second kappa shape index (κ2) is 5.94. The number of hydrogen-bond acceptors (Lipinski definition) is 3. The van der Waals surface area contributed by atoms with E-state index in [1.54, 1.807) is 0 Å². The summed E-state index contributed by atoms with van der Waals surface area (Å²) in [5.41, 5.74) is 0.429. The predicted molar refractivity (Wildman–Crippen MR) is 70.5 cm³/mol. The Kier molecular flexibility index (Phi) is 4.52. The van der Waals surface area contributed by atoms with Gasteiger partial charge in [-0.15, -0.1) is 0 Å². The molecule has 2 rings (SSSR count). The van der Waals surface area contributed by atoms with Gasteiger partial charge in [-0.1, -0.05) is 33.1 Å². The first-order valence-corrected chi connectivity index (χ1v) is 7.44. The van der Waals surface area contributed by atoms with Gasteiger partial charge in [0.05, 0.1) is 0 Å². The largest absolute Gasteiger partial charge is 0.509 e. The first-order chi connectivity index (χ1) is 8.57. The quantitative estimate of drug-likeness (QED) is 0.599. The molecule has 2 aliphatic rings. The molecule has 0 aromatic rings. The highest BCUT2D eigenvalue weighted by Crippen LogP contribution is 2.33. The summed E-state index contributed by atoms with van der Waals surface area (Å²) in [6, 6.07) is 0. The molecule has 3 heteroatoms. The van der Waals surface area contributed by atoms with Gasteiger partial charge in [0.25, 0.3) is 0 Å². The smallest absolute Gasteiger partial charge is 0.427 e. The van der Waals surface area contributed by atoms with Crippen LogP contribution in [-0.4, -0.2) is 18.4 Å². The topological polar surface area (TPSA) is 35.5 Å². The highest BCUT2D eigenvalue weighted by Gasteiger charge is 2.36. The molecule has 0 bridgehead atoms. The van der Waals surface area contributed by atoms with Gasteiger partial charge in [0.15, 0.2) is 0 Å². The summed E-state index contributed by atoms with van der Waals surface area (Å²) in [4.78, 5) is 11.2. The average Bonchev–Trinajstić information content (AvgIpc) is 2.62. The summed E-state index contributed by atoms with van der Waals surface area (Å²) in [5, 5.41) is 0. The summed E-state index contributed by atoms with van der Waals surface area (Å²) in [6.07, 6.45) is 10.2. The Morgan fingerprint density at radius 2 is 1.44 bits per heavy atom. The zero-order chi connectivity index (χ0) is 13.0. The molecule has 0 aromatic heterocycles. The van der Waals surface area contributed by atoms with Gasteiger partial charge in [-0.05, 0) is 43.9 Å². The summed E-state index contributed by atoms with van der Waals surface area (Å²) < 4.78 is 10.5. The second-order valence-corrected chi connectivity index (χ2v) is 6.57. The fourth-order valence-electron chi connectivity index (χ4n) is 3.13. The van der Waals surface area contributed by atoms with Gasteiger partial charge >= 0.3 is 6.16 Å². The van der Waals surface area contributed by atoms with Gasteiger partial charge in [-0.2, -0.15) is 0 Å². The molecule has 1 heterocycles. The highest BCUT2D eigenvalue weighted by molar-refractivity contribution is 5.62. The van der Waals surface area contributed by atoms with Crippen molar-refractivity contribution in [1.29, 1.82) is 0 Å². The molecule has 0 unspecified atom stereocenters. The van der Waals surface area contributed by atoms with Crippen molar-refractivity contribution in [2.45, 2.75) is 83.8 Å². The molecule has 18 heavy (non-hydrogen) atoms. The summed E-state index contributed by atoms with van der Waals surface area (Å²) >= 11 is 0. The molecule has 1 saturated carbocycles. The maximum absolute atomic E-state index is 11.2. The Morgan fingerprint density at radius 1 is 0.889 bits per heavy atom. The minimum atomic E-state index is -0.459. The average molecular weight is 254 g/mol. The van der Waals surface area contributed by atoms with Crippen molar-refractivity contribution < 1.29 is 14.3 Å². The zero-order valence-electron chi connectivity index (χ0n) is 11.7. The molecular weight excluding hydrogens is 228 g/mol. The van der Waals surface area contributed by atoms with E-state index < -0.39 is 6.16 Å². The van der Waals surface area contributed by atoms with E-state index in [0.717, 1.165) is 25.7 Å². The summed E-state index contributed by atoms with van der Waals surface area (Å²) in [5.74, 6) is 0. The maximum Gasteiger partial charge on any atom is 0.509 e. The van der Waals surface area contributed by atoms with E-state index in [1.807, 2.05) is 0 Å². The van der Waals surface area contributed by atoms with E-state index in [-0.39, 0.29) is 12.2 Å². The number of carbonyl (C=O) groups excluding carboxylic acids is 1. The Morgan fingerprint density at radius 3 is 2.17 bits per heavy atom. The second-order valence-electron chi connectivity index (χ2n) is 6.57. The maximum atomic E-state index is 11.2. The van der Waals surface area contributed by atoms with Gasteiger partial charge in [0.2, 0.25) is 0 Å². The third-order valence-electron chi connectivity index (χ3n) is 4.34. The molecule has 1 saturated heterocycles. The van der Waals surface area contributed by atoms with Crippen LogP contribution in [0.5, 0.6) is 0 Å². The van der Waals surface area contributed by atoms with E-state index in [9.17, 15) is 4.79 Å². The van der Waals surface area contributed by atoms with E-state index in [1.165, 1.54) is 32.1 Å². The molecule has 3 nitrogen and oxygen atoms in total. The molecular formula is C15H26O3. The van der Waals surface area contributed by atoms with E-state index in [4.69, 9.17) is 9.47 Å². The SMILES string of the molecule is CC1(C)CCCCCC[C@@H]2OC(=O)O[C@@H]2CCC1. The van der Waals surface area contributed by atoms with Crippen molar-refractivity contribution in [3.8, 4) is 0 Å². The highest BCUT2D eigenvalue weighted by atomic mass is 16.8. The lowest BCUT2D eigenvalue weighted by Crippen LogP contribution is -2.23. The van der Waals surface area contributed by atoms with Crippen LogP contribution in [0.25, 0.3) is 0 Å². The van der Waals surface area contributed by atoms with Crippen molar-refractivity contribution in [3.05, 3.63) is 0 Å². The monoisotopic (exact) mass is 254 g/mol. The number of rotatable bonds is 0. The zero-order valence-corrected chi connectivity index (χ0v) is 11.7. The molecule has 0 spiro atoms. The van der Waals surface area contributed by atoms with Crippen molar-refractivity contribution in [2.75, 3.05) is 0 Å². The Bertz CT molecular complexity index is 285. The minimum absolute atomic E-state index is 0.00715. The fraction of sp³-hybridized carbons (Fsp3) is 0.933. The Labute approximate surface area is 110 Å². The molecule has 0 aromatic carbocycles. The number of fused-ring (bicyclic) bond motifs is 1. The van der Waals surface area contributed by atoms with Crippen LogP contribution in [-0.2, 0) is 9.47 Å². The van der Waals surface area contributed by atoms with E-state index in [0.29, 0.717) is 5.41 Å².